The number of methoxy groups -OCH3 is 2. The first-order chi connectivity index (χ1) is 13.6. The summed E-state index contributed by atoms with van der Waals surface area (Å²) in [5.41, 5.74) is 3.43. The molecular formula is C23H30N2O3. The summed E-state index contributed by atoms with van der Waals surface area (Å²) in [6, 6.07) is 14.0. The summed E-state index contributed by atoms with van der Waals surface area (Å²) < 4.78 is 10.8. The summed E-state index contributed by atoms with van der Waals surface area (Å²) in [6.07, 6.45) is 3.27. The molecular weight excluding hydrogens is 352 g/mol. The Hall–Kier alpha value is -2.53. The molecule has 2 aromatic rings. The molecule has 0 saturated heterocycles. The first kappa shape index (κ1) is 20.2. The number of rotatable bonds is 10. The lowest BCUT2D eigenvalue weighted by atomic mass is 9.95. The maximum Gasteiger partial charge on any atom is 0.234 e. The second-order valence-electron chi connectivity index (χ2n) is 7.44. The maximum absolute atomic E-state index is 12.6. The summed E-state index contributed by atoms with van der Waals surface area (Å²) in [7, 11) is 3.24. The zero-order chi connectivity index (χ0) is 19.9. The minimum Gasteiger partial charge on any atom is -0.493 e. The van der Waals surface area contributed by atoms with Gasteiger partial charge >= 0.3 is 0 Å². The molecule has 1 aliphatic carbocycles. The molecule has 0 aliphatic heterocycles. The number of amides is 1. The molecule has 150 valence electrons. The first-order valence-electron chi connectivity index (χ1n) is 9.87. The van der Waals surface area contributed by atoms with Gasteiger partial charge in [0.1, 0.15) is 0 Å². The van der Waals surface area contributed by atoms with Gasteiger partial charge in [0.25, 0.3) is 0 Å². The molecule has 2 N–H and O–H groups in total. The quantitative estimate of drug-likeness (QED) is 0.661. The van der Waals surface area contributed by atoms with Crippen LogP contribution in [0.5, 0.6) is 11.5 Å². The van der Waals surface area contributed by atoms with Crippen molar-refractivity contribution >= 4 is 5.91 Å². The van der Waals surface area contributed by atoms with Crippen molar-refractivity contribution in [2.45, 2.75) is 32.2 Å². The predicted molar refractivity (Wildman–Crippen MR) is 111 cm³/mol. The van der Waals surface area contributed by atoms with Crippen LogP contribution in [0.1, 0.15) is 35.6 Å². The van der Waals surface area contributed by atoms with E-state index in [1.165, 1.54) is 24.0 Å². The number of ether oxygens (including phenoxy) is 2. The average molecular weight is 383 g/mol. The van der Waals surface area contributed by atoms with E-state index in [1.807, 2.05) is 30.3 Å². The van der Waals surface area contributed by atoms with Crippen molar-refractivity contribution in [3.8, 4) is 11.5 Å². The number of aryl methyl sites for hydroxylation is 1. The van der Waals surface area contributed by atoms with Crippen molar-refractivity contribution in [2.24, 2.45) is 5.92 Å². The van der Waals surface area contributed by atoms with Crippen molar-refractivity contribution < 1.29 is 14.3 Å². The van der Waals surface area contributed by atoms with E-state index in [9.17, 15) is 4.79 Å². The van der Waals surface area contributed by atoms with Gasteiger partial charge in [0, 0.05) is 0 Å². The molecule has 0 heterocycles. The van der Waals surface area contributed by atoms with Gasteiger partial charge in [0.05, 0.1) is 26.8 Å². The molecule has 0 bridgehead atoms. The minimum atomic E-state index is -0.142. The highest BCUT2D eigenvalue weighted by Gasteiger charge is 2.22. The smallest absolute Gasteiger partial charge is 0.234 e. The summed E-state index contributed by atoms with van der Waals surface area (Å²) in [5, 5.41) is 6.46. The molecule has 1 fully saturated rings. The third kappa shape index (κ3) is 5.49. The second kappa shape index (κ2) is 9.60. The monoisotopic (exact) mass is 382 g/mol. The Balaban J connectivity index is 1.76. The van der Waals surface area contributed by atoms with E-state index in [0.29, 0.717) is 18.0 Å². The third-order valence-electron chi connectivity index (χ3n) is 5.25. The van der Waals surface area contributed by atoms with Crippen LogP contribution in [0.25, 0.3) is 0 Å². The fraction of sp³-hybridized carbons (Fsp3) is 0.435. The normalized spacial score (nSPS) is 14.4. The Kier molecular flexibility index (Phi) is 6.93. The van der Waals surface area contributed by atoms with Gasteiger partial charge in [0.15, 0.2) is 11.5 Å². The zero-order valence-corrected chi connectivity index (χ0v) is 17.0. The molecule has 1 atom stereocenters. The molecule has 5 nitrogen and oxygen atoms in total. The molecule has 0 radical (unpaired) electrons. The van der Waals surface area contributed by atoms with Gasteiger partial charge in [-0.25, -0.2) is 0 Å². The zero-order valence-electron chi connectivity index (χ0n) is 17.0. The fourth-order valence-electron chi connectivity index (χ4n) is 3.34. The van der Waals surface area contributed by atoms with Crippen LogP contribution in [0.3, 0.4) is 0 Å². The van der Waals surface area contributed by atoms with Crippen LogP contribution in [0.4, 0.5) is 0 Å². The first-order valence-corrected chi connectivity index (χ1v) is 9.87. The number of benzene rings is 2. The van der Waals surface area contributed by atoms with Gasteiger partial charge in [-0.05, 0) is 67.5 Å². The number of hydrogen-bond acceptors (Lipinski definition) is 4. The van der Waals surface area contributed by atoms with Gasteiger partial charge in [-0.2, -0.15) is 0 Å². The molecule has 28 heavy (non-hydrogen) atoms. The highest BCUT2D eigenvalue weighted by atomic mass is 16.5. The fourth-order valence-corrected chi connectivity index (χ4v) is 3.34. The number of carbonyl (C=O) groups is 1. The Labute approximate surface area is 167 Å². The Morgan fingerprint density at radius 2 is 1.86 bits per heavy atom. The van der Waals surface area contributed by atoms with Crippen LogP contribution >= 0.6 is 0 Å². The molecule has 0 spiro atoms. The molecule has 0 aromatic heterocycles. The lowest BCUT2D eigenvalue weighted by Gasteiger charge is -2.22. The molecule has 1 amide bonds. The number of carbonyl (C=O) groups excluding carboxylic acids is 1. The summed E-state index contributed by atoms with van der Waals surface area (Å²) >= 11 is 0. The van der Waals surface area contributed by atoms with Crippen molar-refractivity contribution in [1.82, 2.24) is 10.6 Å². The van der Waals surface area contributed by atoms with Crippen molar-refractivity contribution in [3.05, 3.63) is 59.2 Å². The molecule has 2 aromatic carbocycles. The third-order valence-corrected chi connectivity index (χ3v) is 5.25. The van der Waals surface area contributed by atoms with E-state index < -0.39 is 0 Å². The summed E-state index contributed by atoms with van der Waals surface area (Å²) in [6.45, 7) is 3.36. The summed E-state index contributed by atoms with van der Waals surface area (Å²) in [5.74, 6) is 2.10. The van der Waals surface area contributed by atoms with Crippen LogP contribution in [0.15, 0.2) is 42.5 Å². The second-order valence-corrected chi connectivity index (χ2v) is 7.44. The van der Waals surface area contributed by atoms with Crippen LogP contribution < -0.4 is 20.1 Å². The number of nitrogens with one attached hydrogen (secondary N) is 2. The van der Waals surface area contributed by atoms with E-state index in [0.717, 1.165) is 24.4 Å². The lowest BCUT2D eigenvalue weighted by molar-refractivity contribution is -0.121. The molecule has 1 saturated carbocycles. The average Bonchev–Trinajstić information content (AvgIpc) is 3.53. The van der Waals surface area contributed by atoms with Crippen molar-refractivity contribution in [1.29, 1.82) is 0 Å². The van der Waals surface area contributed by atoms with Gasteiger partial charge in [-0.1, -0.05) is 30.3 Å². The topological polar surface area (TPSA) is 59.6 Å². The minimum absolute atomic E-state index is 0.00835. The lowest BCUT2D eigenvalue weighted by Crippen LogP contribution is -2.37. The van der Waals surface area contributed by atoms with Crippen LogP contribution in [0, 0.1) is 12.8 Å². The SMILES string of the molecule is COc1ccc(C(Cc2ccccc2C)NC(=O)CNCC2CC2)cc1OC. The predicted octanol–water partition coefficient (Wildman–Crippen LogP) is 3.41. The molecule has 1 unspecified atom stereocenters. The van der Waals surface area contributed by atoms with Gasteiger partial charge in [0.2, 0.25) is 5.91 Å². The van der Waals surface area contributed by atoms with Gasteiger partial charge < -0.3 is 20.1 Å². The van der Waals surface area contributed by atoms with Crippen molar-refractivity contribution in [2.75, 3.05) is 27.3 Å². The van der Waals surface area contributed by atoms with E-state index in [-0.39, 0.29) is 11.9 Å². The van der Waals surface area contributed by atoms with E-state index >= 15 is 0 Å². The Morgan fingerprint density at radius 3 is 2.54 bits per heavy atom. The van der Waals surface area contributed by atoms with Gasteiger partial charge in [-0.15, -0.1) is 0 Å². The van der Waals surface area contributed by atoms with E-state index in [4.69, 9.17) is 9.47 Å². The van der Waals surface area contributed by atoms with Crippen molar-refractivity contribution in [3.63, 3.8) is 0 Å². The maximum atomic E-state index is 12.6. The number of hydrogen-bond donors (Lipinski definition) is 2. The Morgan fingerprint density at radius 1 is 1.11 bits per heavy atom. The highest BCUT2D eigenvalue weighted by molar-refractivity contribution is 5.78. The molecule has 3 rings (SSSR count). The van der Waals surface area contributed by atoms with E-state index in [1.54, 1.807) is 14.2 Å². The standard InChI is InChI=1S/C23H30N2O3/c1-16-6-4-5-7-18(16)12-20(25-23(26)15-24-14-17-8-9-17)19-10-11-21(27-2)22(13-19)28-3/h4-7,10-11,13,17,20,24H,8-9,12,14-15H2,1-3H3,(H,25,26). The highest BCUT2D eigenvalue weighted by Crippen LogP contribution is 2.31. The molecule has 1 aliphatic rings. The summed E-state index contributed by atoms with van der Waals surface area (Å²) in [4.78, 5) is 12.6. The van der Waals surface area contributed by atoms with Gasteiger partial charge in [-0.3, -0.25) is 4.79 Å². The van der Waals surface area contributed by atoms with Crippen LogP contribution in [-0.2, 0) is 11.2 Å². The van der Waals surface area contributed by atoms with Crippen LogP contribution in [0.2, 0.25) is 0 Å². The Bertz CT molecular complexity index is 802. The van der Waals surface area contributed by atoms with E-state index in [2.05, 4.69) is 29.7 Å². The molecule has 5 heteroatoms. The van der Waals surface area contributed by atoms with Crippen LogP contribution in [-0.4, -0.2) is 33.2 Å². The largest absolute Gasteiger partial charge is 0.493 e.